The Labute approximate surface area is 167 Å². The number of carbonyl (C=O) groups excluding carboxylic acids is 2. The van der Waals surface area contributed by atoms with Crippen LogP contribution in [0.4, 0.5) is 5.69 Å². The van der Waals surface area contributed by atoms with E-state index in [0.717, 1.165) is 18.1 Å². The lowest BCUT2D eigenvalue weighted by Gasteiger charge is -2.28. The number of para-hydroxylation sites is 1. The summed E-state index contributed by atoms with van der Waals surface area (Å²) in [6, 6.07) is 13.2. The van der Waals surface area contributed by atoms with E-state index in [9.17, 15) is 19.5 Å². The minimum absolute atomic E-state index is 0.238. The Hall–Kier alpha value is -3.23. The van der Waals surface area contributed by atoms with Gasteiger partial charge in [0.15, 0.2) is 0 Å². The molecule has 8 nitrogen and oxygen atoms in total. The van der Waals surface area contributed by atoms with Crippen LogP contribution in [0.5, 0.6) is 0 Å². The second-order valence-electron chi connectivity index (χ2n) is 6.87. The third-order valence-electron chi connectivity index (χ3n) is 4.92. The molecule has 152 valence electrons. The molecular weight excluding hydrogens is 376 g/mol. The van der Waals surface area contributed by atoms with Gasteiger partial charge >= 0.3 is 5.97 Å². The van der Waals surface area contributed by atoms with Crippen molar-refractivity contribution in [3.8, 4) is 11.1 Å². The smallest absolute Gasteiger partial charge is 0.345 e. The predicted octanol–water partition coefficient (Wildman–Crippen LogP) is 1.34. The van der Waals surface area contributed by atoms with Crippen molar-refractivity contribution in [2.24, 2.45) is 0 Å². The molecule has 1 unspecified atom stereocenters. The van der Waals surface area contributed by atoms with Crippen molar-refractivity contribution < 1.29 is 29.3 Å². The lowest BCUT2D eigenvalue weighted by Crippen LogP contribution is -2.54. The van der Waals surface area contributed by atoms with Gasteiger partial charge in [0.1, 0.15) is 6.04 Å². The minimum atomic E-state index is -2.67. The molecule has 0 spiro atoms. The molecular formula is C21H22N2O6. The van der Waals surface area contributed by atoms with Crippen LogP contribution in [-0.4, -0.2) is 53.9 Å². The molecule has 1 heterocycles. The van der Waals surface area contributed by atoms with E-state index in [4.69, 9.17) is 9.84 Å². The first-order valence-electron chi connectivity index (χ1n) is 9.04. The number of carbonyl (C=O) groups is 3. The number of rotatable bonds is 6. The van der Waals surface area contributed by atoms with Crippen LogP contribution in [-0.2, 0) is 19.1 Å². The Balaban J connectivity index is 2.13. The summed E-state index contributed by atoms with van der Waals surface area (Å²) in [5, 5.41) is 21.6. The first-order valence-corrected chi connectivity index (χ1v) is 9.04. The van der Waals surface area contributed by atoms with Gasteiger partial charge in [-0.25, -0.2) is 4.79 Å². The van der Waals surface area contributed by atoms with Crippen molar-refractivity contribution in [3.63, 3.8) is 0 Å². The summed E-state index contributed by atoms with van der Waals surface area (Å²) in [6.07, 6.45) is 0. The van der Waals surface area contributed by atoms with E-state index in [0.29, 0.717) is 11.3 Å². The highest BCUT2D eigenvalue weighted by Gasteiger charge is 2.43. The van der Waals surface area contributed by atoms with Gasteiger partial charge in [-0.3, -0.25) is 9.59 Å². The van der Waals surface area contributed by atoms with Gasteiger partial charge in [0.2, 0.25) is 5.60 Å². The third-order valence-corrected chi connectivity index (χ3v) is 4.92. The first kappa shape index (κ1) is 20.5. The Bertz CT molecular complexity index is 956. The summed E-state index contributed by atoms with van der Waals surface area (Å²) in [5.74, 6) is -3.33. The number of anilines is 1. The molecule has 3 N–H and O–H groups in total. The molecule has 2 aromatic carbocycles. The van der Waals surface area contributed by atoms with Crippen LogP contribution in [0.15, 0.2) is 48.5 Å². The van der Waals surface area contributed by atoms with Gasteiger partial charge in [0.05, 0.1) is 12.3 Å². The molecule has 0 aliphatic carbocycles. The minimum Gasteiger partial charge on any atom is -0.479 e. The molecule has 8 heteroatoms. The van der Waals surface area contributed by atoms with Gasteiger partial charge in [-0.2, -0.15) is 0 Å². The van der Waals surface area contributed by atoms with Gasteiger partial charge in [0, 0.05) is 19.2 Å². The number of carboxylic acids is 1. The summed E-state index contributed by atoms with van der Waals surface area (Å²) >= 11 is 0. The van der Waals surface area contributed by atoms with Gasteiger partial charge in [-0.15, -0.1) is 0 Å². The quantitative estimate of drug-likeness (QED) is 0.633. The van der Waals surface area contributed by atoms with E-state index >= 15 is 0 Å². The standard InChI is InChI=1S/C21H22N2O6/c1-21(28,20(26)27)19(25)22-17-15-9-4-3-7-13(15)14-8-5-6-10-16(14)23(18(17)24)11-12-29-2/h3-10,17,28H,11-12H2,1-2H3,(H,22,25)(H,26,27)/t17-,21?/m0/s1. The highest BCUT2D eigenvalue weighted by Crippen LogP contribution is 2.40. The number of methoxy groups -OCH3 is 1. The largest absolute Gasteiger partial charge is 0.479 e. The van der Waals surface area contributed by atoms with E-state index in [1.807, 2.05) is 30.3 Å². The summed E-state index contributed by atoms with van der Waals surface area (Å²) in [4.78, 5) is 38.7. The topological polar surface area (TPSA) is 116 Å². The molecule has 0 aromatic heterocycles. The number of hydrogen-bond acceptors (Lipinski definition) is 5. The number of aliphatic carboxylic acids is 1. The molecule has 2 amide bonds. The van der Waals surface area contributed by atoms with E-state index in [2.05, 4.69) is 5.32 Å². The molecule has 2 atom stereocenters. The average molecular weight is 398 g/mol. The van der Waals surface area contributed by atoms with Crippen LogP contribution in [0.2, 0.25) is 0 Å². The molecule has 1 aliphatic heterocycles. The molecule has 0 fully saturated rings. The first-order chi connectivity index (χ1) is 13.8. The number of nitrogens with one attached hydrogen (secondary N) is 1. The predicted molar refractivity (Wildman–Crippen MR) is 105 cm³/mol. The number of carboxylic acid groups (broad SMARTS) is 1. The Morgan fingerprint density at radius 1 is 1.14 bits per heavy atom. The normalized spacial score (nSPS) is 17.6. The maximum Gasteiger partial charge on any atom is 0.345 e. The van der Waals surface area contributed by atoms with Crippen LogP contribution >= 0.6 is 0 Å². The van der Waals surface area contributed by atoms with E-state index in [1.165, 1.54) is 12.0 Å². The fourth-order valence-electron chi connectivity index (χ4n) is 3.26. The highest BCUT2D eigenvalue weighted by molar-refractivity contribution is 6.09. The van der Waals surface area contributed by atoms with Gasteiger partial charge in [-0.05, 0) is 24.1 Å². The Kier molecular flexibility index (Phi) is 5.67. The van der Waals surface area contributed by atoms with Crippen LogP contribution in [0.25, 0.3) is 11.1 Å². The van der Waals surface area contributed by atoms with Crippen molar-refractivity contribution in [3.05, 3.63) is 54.1 Å². The number of nitrogens with zero attached hydrogens (tertiary/aromatic N) is 1. The van der Waals surface area contributed by atoms with Gasteiger partial charge < -0.3 is 25.2 Å². The third kappa shape index (κ3) is 3.72. The van der Waals surface area contributed by atoms with Crippen molar-refractivity contribution >= 4 is 23.5 Å². The molecule has 0 saturated heterocycles. The summed E-state index contributed by atoms with van der Waals surface area (Å²) in [7, 11) is 1.52. The molecule has 1 aliphatic rings. The van der Waals surface area contributed by atoms with E-state index in [-0.39, 0.29) is 13.2 Å². The van der Waals surface area contributed by atoms with Crippen molar-refractivity contribution in [2.75, 3.05) is 25.2 Å². The number of ether oxygens (including phenoxy) is 1. The zero-order valence-corrected chi connectivity index (χ0v) is 16.1. The zero-order chi connectivity index (χ0) is 21.2. The number of benzene rings is 2. The highest BCUT2D eigenvalue weighted by atomic mass is 16.5. The zero-order valence-electron chi connectivity index (χ0n) is 16.1. The lowest BCUT2D eigenvalue weighted by molar-refractivity contribution is -0.164. The van der Waals surface area contributed by atoms with Crippen molar-refractivity contribution in [2.45, 2.75) is 18.6 Å². The molecule has 0 bridgehead atoms. The lowest BCUT2D eigenvalue weighted by atomic mass is 9.94. The molecule has 2 aromatic rings. The number of hydrogen-bond donors (Lipinski definition) is 3. The van der Waals surface area contributed by atoms with E-state index in [1.54, 1.807) is 18.2 Å². The van der Waals surface area contributed by atoms with Gasteiger partial charge in [0.25, 0.3) is 11.8 Å². The Morgan fingerprint density at radius 3 is 2.41 bits per heavy atom. The number of amides is 2. The number of aliphatic hydroxyl groups is 1. The van der Waals surface area contributed by atoms with Crippen molar-refractivity contribution in [1.29, 1.82) is 0 Å². The molecule has 29 heavy (non-hydrogen) atoms. The molecule has 0 saturated carbocycles. The van der Waals surface area contributed by atoms with E-state index < -0.39 is 29.4 Å². The average Bonchev–Trinajstić information content (AvgIpc) is 2.80. The Morgan fingerprint density at radius 2 is 1.76 bits per heavy atom. The molecule has 3 rings (SSSR count). The molecule has 0 radical (unpaired) electrons. The SMILES string of the molecule is COCCN1C(=O)[C@@H](NC(=O)C(C)(O)C(=O)O)c2ccccc2-c2ccccc21. The van der Waals surface area contributed by atoms with Crippen LogP contribution < -0.4 is 10.2 Å². The summed E-state index contributed by atoms with van der Waals surface area (Å²) < 4.78 is 5.13. The fraction of sp³-hybridized carbons (Fsp3) is 0.286. The van der Waals surface area contributed by atoms with Gasteiger partial charge in [-0.1, -0.05) is 42.5 Å². The maximum atomic E-state index is 13.4. The second kappa shape index (κ2) is 8.02. The van der Waals surface area contributed by atoms with Crippen LogP contribution in [0.3, 0.4) is 0 Å². The monoisotopic (exact) mass is 398 g/mol. The number of fused-ring (bicyclic) bond motifs is 3. The summed E-state index contributed by atoms with van der Waals surface area (Å²) in [5.41, 5.74) is 0.0280. The fourth-order valence-corrected chi connectivity index (χ4v) is 3.26. The second-order valence-corrected chi connectivity index (χ2v) is 6.87. The van der Waals surface area contributed by atoms with Crippen LogP contribution in [0.1, 0.15) is 18.5 Å². The van der Waals surface area contributed by atoms with Crippen molar-refractivity contribution in [1.82, 2.24) is 5.32 Å². The maximum absolute atomic E-state index is 13.4. The summed E-state index contributed by atoms with van der Waals surface area (Å²) in [6.45, 7) is 1.38. The van der Waals surface area contributed by atoms with Crippen LogP contribution in [0, 0.1) is 0 Å².